The molecular weight excluding hydrogens is 558 g/mol. The summed E-state index contributed by atoms with van der Waals surface area (Å²) in [6.07, 6.45) is 0. The van der Waals surface area contributed by atoms with Crippen LogP contribution < -0.4 is 10.6 Å². The average Bonchev–Trinajstić information content (AvgIpc) is 3.41. The third-order valence-corrected chi connectivity index (χ3v) is 7.75. The second-order valence-corrected chi connectivity index (χ2v) is 10.6. The number of anilines is 2. The molecule has 0 saturated heterocycles. The SMILES string of the molecule is O=C(CSc1nnc(CNc2ccc(Cl)cc2)n1-c1ccccc1)Nc1cccc2c1C(=O)c1ccccc1C2=O. The van der Waals surface area contributed by atoms with Gasteiger partial charge in [-0.1, -0.05) is 78.0 Å². The van der Waals surface area contributed by atoms with E-state index < -0.39 is 0 Å². The van der Waals surface area contributed by atoms with Crippen LogP contribution in [0.5, 0.6) is 0 Å². The molecule has 8 nitrogen and oxygen atoms in total. The summed E-state index contributed by atoms with van der Waals surface area (Å²) in [6.45, 7) is 0.393. The summed E-state index contributed by atoms with van der Waals surface area (Å²) < 4.78 is 1.89. The maximum absolute atomic E-state index is 13.3. The van der Waals surface area contributed by atoms with Crippen molar-refractivity contribution in [2.75, 3.05) is 16.4 Å². The van der Waals surface area contributed by atoms with Gasteiger partial charge >= 0.3 is 0 Å². The maximum Gasteiger partial charge on any atom is 0.234 e. The molecule has 6 rings (SSSR count). The van der Waals surface area contributed by atoms with Gasteiger partial charge in [-0.25, -0.2) is 0 Å². The highest BCUT2D eigenvalue weighted by Crippen LogP contribution is 2.32. The second kappa shape index (κ2) is 11.4. The molecule has 0 spiro atoms. The largest absolute Gasteiger partial charge is 0.378 e. The first-order valence-corrected chi connectivity index (χ1v) is 14.1. The lowest BCUT2D eigenvalue weighted by Gasteiger charge is -2.20. The van der Waals surface area contributed by atoms with Crippen LogP contribution >= 0.6 is 23.4 Å². The fourth-order valence-electron chi connectivity index (χ4n) is 4.66. The Kier molecular flexibility index (Phi) is 7.37. The molecule has 4 aromatic carbocycles. The molecule has 0 saturated carbocycles. The molecule has 1 aliphatic rings. The number of para-hydroxylation sites is 1. The minimum atomic E-state index is -0.342. The summed E-state index contributed by atoms with van der Waals surface area (Å²) in [4.78, 5) is 39.4. The molecule has 10 heteroatoms. The van der Waals surface area contributed by atoms with Gasteiger partial charge in [0.15, 0.2) is 22.5 Å². The van der Waals surface area contributed by atoms with Gasteiger partial charge in [-0.05, 0) is 42.5 Å². The number of nitrogens with one attached hydrogen (secondary N) is 2. The number of fused-ring (bicyclic) bond motifs is 2. The zero-order valence-corrected chi connectivity index (χ0v) is 23.1. The highest BCUT2D eigenvalue weighted by Gasteiger charge is 2.31. The van der Waals surface area contributed by atoms with Gasteiger partial charge in [0, 0.05) is 33.1 Å². The van der Waals surface area contributed by atoms with Crippen molar-refractivity contribution in [2.24, 2.45) is 0 Å². The molecule has 5 aromatic rings. The molecule has 1 amide bonds. The molecule has 1 heterocycles. The fraction of sp³-hybridized carbons (Fsp3) is 0.0645. The molecule has 0 unspecified atom stereocenters. The summed E-state index contributed by atoms with van der Waals surface area (Å²) in [6, 6.07) is 28.6. The van der Waals surface area contributed by atoms with Crippen LogP contribution in [0, 0.1) is 0 Å². The number of thioether (sulfide) groups is 1. The number of carbonyl (C=O) groups excluding carboxylic acids is 3. The van der Waals surface area contributed by atoms with Gasteiger partial charge in [0.25, 0.3) is 0 Å². The molecule has 0 aliphatic heterocycles. The summed E-state index contributed by atoms with van der Waals surface area (Å²) in [5, 5.41) is 16.1. The standard InChI is InChI=1S/C31H22ClN5O3S/c32-19-13-15-20(16-14-19)33-17-26-35-36-31(37(26)21-7-2-1-3-8-21)41-18-27(38)34-25-12-6-11-24-28(25)30(40)23-10-5-4-9-22(23)29(24)39/h1-16,33H,17-18H2,(H,34,38). The van der Waals surface area contributed by atoms with Crippen LogP contribution in [0.4, 0.5) is 11.4 Å². The Balaban J connectivity index is 1.20. The maximum atomic E-state index is 13.3. The number of carbonyl (C=O) groups is 3. The summed E-state index contributed by atoms with van der Waals surface area (Å²) in [5.41, 5.74) is 3.22. The minimum Gasteiger partial charge on any atom is -0.378 e. The van der Waals surface area contributed by atoms with E-state index >= 15 is 0 Å². The molecule has 2 N–H and O–H groups in total. The quantitative estimate of drug-likeness (QED) is 0.212. The number of amides is 1. The Hall–Kier alpha value is -4.73. The average molecular weight is 580 g/mol. The molecule has 1 aromatic heterocycles. The van der Waals surface area contributed by atoms with Crippen molar-refractivity contribution in [1.82, 2.24) is 14.8 Å². The van der Waals surface area contributed by atoms with E-state index in [9.17, 15) is 14.4 Å². The summed E-state index contributed by atoms with van der Waals surface area (Å²) in [7, 11) is 0. The van der Waals surface area contributed by atoms with Gasteiger partial charge in [0.2, 0.25) is 5.91 Å². The van der Waals surface area contributed by atoms with Gasteiger partial charge in [0.1, 0.15) is 0 Å². The molecule has 202 valence electrons. The van der Waals surface area contributed by atoms with Gasteiger partial charge in [-0.15, -0.1) is 10.2 Å². The van der Waals surface area contributed by atoms with Crippen molar-refractivity contribution in [3.8, 4) is 5.69 Å². The van der Waals surface area contributed by atoms with E-state index in [-0.39, 0.29) is 34.4 Å². The first kappa shape index (κ1) is 26.5. The molecule has 0 radical (unpaired) electrons. The van der Waals surface area contributed by atoms with E-state index in [2.05, 4.69) is 20.8 Å². The van der Waals surface area contributed by atoms with Gasteiger partial charge in [0.05, 0.1) is 23.5 Å². The van der Waals surface area contributed by atoms with Gasteiger partial charge in [-0.2, -0.15) is 0 Å². The molecule has 0 atom stereocenters. The molecule has 41 heavy (non-hydrogen) atoms. The van der Waals surface area contributed by atoms with Crippen LogP contribution in [-0.2, 0) is 11.3 Å². The van der Waals surface area contributed by atoms with Crippen molar-refractivity contribution < 1.29 is 14.4 Å². The number of nitrogens with zero attached hydrogens (tertiary/aromatic N) is 3. The number of ketones is 2. The van der Waals surface area contributed by atoms with Crippen LogP contribution in [0.3, 0.4) is 0 Å². The lowest BCUT2D eigenvalue weighted by molar-refractivity contribution is -0.113. The van der Waals surface area contributed by atoms with E-state index in [1.165, 1.54) is 11.8 Å². The lowest BCUT2D eigenvalue weighted by Crippen LogP contribution is -2.24. The molecule has 0 fully saturated rings. The Morgan fingerprint density at radius 2 is 1.46 bits per heavy atom. The highest BCUT2D eigenvalue weighted by molar-refractivity contribution is 7.99. The predicted molar refractivity (Wildman–Crippen MR) is 159 cm³/mol. The van der Waals surface area contributed by atoms with E-state index in [0.717, 1.165) is 11.4 Å². The lowest BCUT2D eigenvalue weighted by atomic mass is 9.83. The summed E-state index contributed by atoms with van der Waals surface area (Å²) in [5.74, 6) is -0.200. The first-order chi connectivity index (χ1) is 20.0. The van der Waals surface area contributed by atoms with E-state index in [1.54, 1.807) is 54.6 Å². The first-order valence-electron chi connectivity index (χ1n) is 12.7. The number of rotatable bonds is 8. The van der Waals surface area contributed by atoms with E-state index in [0.29, 0.717) is 39.4 Å². The minimum absolute atomic E-state index is 0.0119. The Labute approximate surface area is 244 Å². The number of benzene rings is 4. The fourth-order valence-corrected chi connectivity index (χ4v) is 5.56. The van der Waals surface area contributed by atoms with Crippen molar-refractivity contribution in [3.05, 3.63) is 130 Å². The highest BCUT2D eigenvalue weighted by atomic mass is 35.5. The van der Waals surface area contributed by atoms with Crippen molar-refractivity contribution in [1.29, 1.82) is 0 Å². The Morgan fingerprint density at radius 3 is 2.22 bits per heavy atom. The van der Waals surface area contributed by atoms with E-state index in [4.69, 9.17) is 11.6 Å². The monoisotopic (exact) mass is 579 g/mol. The zero-order chi connectivity index (χ0) is 28.3. The Morgan fingerprint density at radius 1 is 0.780 bits per heavy atom. The van der Waals surface area contributed by atoms with Gasteiger partial charge in [-0.3, -0.25) is 19.0 Å². The van der Waals surface area contributed by atoms with Crippen LogP contribution in [-0.4, -0.2) is 38.0 Å². The molecule has 0 bridgehead atoms. The van der Waals surface area contributed by atoms with Crippen molar-refractivity contribution in [3.63, 3.8) is 0 Å². The van der Waals surface area contributed by atoms with Crippen molar-refractivity contribution >= 4 is 52.2 Å². The van der Waals surface area contributed by atoms with Crippen LogP contribution in [0.1, 0.15) is 37.7 Å². The number of halogens is 1. The predicted octanol–water partition coefficient (Wildman–Crippen LogP) is 6.04. The third kappa shape index (κ3) is 5.37. The smallest absolute Gasteiger partial charge is 0.234 e. The van der Waals surface area contributed by atoms with E-state index in [1.807, 2.05) is 47.0 Å². The number of hydrogen-bond acceptors (Lipinski definition) is 7. The second-order valence-electron chi connectivity index (χ2n) is 9.20. The van der Waals surface area contributed by atoms with Crippen molar-refractivity contribution in [2.45, 2.75) is 11.7 Å². The summed E-state index contributed by atoms with van der Waals surface area (Å²) >= 11 is 7.22. The van der Waals surface area contributed by atoms with Gasteiger partial charge < -0.3 is 10.6 Å². The van der Waals surface area contributed by atoms with Crippen LogP contribution in [0.2, 0.25) is 5.02 Å². The molecular formula is C31H22ClN5O3S. The third-order valence-electron chi connectivity index (χ3n) is 6.57. The zero-order valence-electron chi connectivity index (χ0n) is 21.5. The van der Waals surface area contributed by atoms with Crippen LogP contribution in [0.25, 0.3) is 5.69 Å². The topological polar surface area (TPSA) is 106 Å². The van der Waals surface area contributed by atoms with Crippen LogP contribution in [0.15, 0.2) is 102 Å². The number of hydrogen-bond donors (Lipinski definition) is 2. The Bertz CT molecular complexity index is 1790. The molecule has 1 aliphatic carbocycles. The normalized spacial score (nSPS) is 12.0. The number of aromatic nitrogens is 3.